The van der Waals surface area contributed by atoms with Crippen molar-refractivity contribution < 1.29 is 9.90 Å². The average molecular weight is 283 g/mol. The lowest BCUT2D eigenvalue weighted by atomic mass is 10.1. The van der Waals surface area contributed by atoms with Crippen molar-refractivity contribution in [2.45, 2.75) is 59.0 Å². The summed E-state index contributed by atoms with van der Waals surface area (Å²) in [5, 5.41) is 8.74. The van der Waals surface area contributed by atoms with Gasteiger partial charge in [0.2, 0.25) is 0 Å². The Kier molecular flexibility index (Phi) is 6.52. The van der Waals surface area contributed by atoms with Gasteiger partial charge >= 0.3 is 5.97 Å². The van der Waals surface area contributed by atoms with E-state index in [4.69, 9.17) is 5.11 Å². The molecule has 1 unspecified atom stereocenters. The van der Waals surface area contributed by atoms with E-state index in [2.05, 4.69) is 44.7 Å². The highest BCUT2D eigenvalue weighted by molar-refractivity contribution is 7.12. The predicted octanol–water partition coefficient (Wildman–Crippen LogP) is 3.95. The third-order valence-corrected chi connectivity index (χ3v) is 4.81. The SMILES string of the molecule is CCc1ccc(C(C)N(CCCC(=O)O)C(C)C)s1. The molecular formula is C15H25NO2S. The molecule has 0 spiro atoms. The third kappa shape index (κ3) is 4.96. The van der Waals surface area contributed by atoms with Crippen LogP contribution in [0.1, 0.15) is 56.3 Å². The number of nitrogens with zero attached hydrogens (tertiary/aromatic N) is 1. The molecule has 1 aromatic heterocycles. The summed E-state index contributed by atoms with van der Waals surface area (Å²) < 4.78 is 0. The maximum absolute atomic E-state index is 10.6. The van der Waals surface area contributed by atoms with E-state index < -0.39 is 5.97 Å². The monoisotopic (exact) mass is 283 g/mol. The standard InChI is InChI=1S/C15H25NO2S/c1-5-13-8-9-14(19-13)12(4)16(11(2)3)10-6-7-15(17)18/h8-9,11-12H,5-7,10H2,1-4H3,(H,17,18). The lowest BCUT2D eigenvalue weighted by Crippen LogP contribution is -2.34. The summed E-state index contributed by atoms with van der Waals surface area (Å²) >= 11 is 1.87. The normalized spacial score (nSPS) is 13.2. The van der Waals surface area contributed by atoms with Crippen LogP contribution in [-0.2, 0) is 11.2 Å². The maximum atomic E-state index is 10.6. The molecule has 0 saturated carbocycles. The lowest BCUT2D eigenvalue weighted by molar-refractivity contribution is -0.137. The van der Waals surface area contributed by atoms with Crippen LogP contribution in [0.2, 0.25) is 0 Å². The van der Waals surface area contributed by atoms with Gasteiger partial charge in [0.15, 0.2) is 0 Å². The fourth-order valence-corrected chi connectivity index (χ4v) is 3.31. The topological polar surface area (TPSA) is 40.5 Å². The van der Waals surface area contributed by atoms with Gasteiger partial charge in [-0.1, -0.05) is 6.92 Å². The third-order valence-electron chi connectivity index (χ3n) is 3.41. The number of hydrogen-bond acceptors (Lipinski definition) is 3. The Morgan fingerprint density at radius 1 is 1.37 bits per heavy atom. The molecule has 4 heteroatoms. The molecule has 3 nitrogen and oxygen atoms in total. The van der Waals surface area contributed by atoms with Gasteiger partial charge in [0.25, 0.3) is 0 Å². The Labute approximate surface area is 120 Å². The van der Waals surface area contributed by atoms with E-state index in [1.54, 1.807) is 0 Å². The number of aliphatic carboxylic acids is 1. The summed E-state index contributed by atoms with van der Waals surface area (Å²) in [6.45, 7) is 9.57. The highest BCUT2D eigenvalue weighted by atomic mass is 32.1. The van der Waals surface area contributed by atoms with E-state index in [0.29, 0.717) is 18.5 Å². The van der Waals surface area contributed by atoms with Crippen LogP contribution >= 0.6 is 11.3 Å². The first kappa shape index (κ1) is 16.2. The van der Waals surface area contributed by atoms with Crippen molar-refractivity contribution >= 4 is 17.3 Å². The minimum atomic E-state index is -0.708. The molecule has 0 radical (unpaired) electrons. The number of rotatable bonds is 8. The molecule has 0 fully saturated rings. The van der Waals surface area contributed by atoms with Gasteiger partial charge in [-0.3, -0.25) is 9.69 Å². The van der Waals surface area contributed by atoms with Crippen LogP contribution in [0.3, 0.4) is 0 Å². The van der Waals surface area contributed by atoms with E-state index in [0.717, 1.165) is 13.0 Å². The Balaban J connectivity index is 2.66. The van der Waals surface area contributed by atoms with Crippen LogP contribution in [0.5, 0.6) is 0 Å². The molecule has 0 aliphatic rings. The molecule has 1 rings (SSSR count). The second-order valence-electron chi connectivity index (χ2n) is 5.16. The maximum Gasteiger partial charge on any atom is 0.303 e. The Morgan fingerprint density at radius 3 is 2.53 bits per heavy atom. The van der Waals surface area contributed by atoms with Gasteiger partial charge in [0, 0.05) is 28.3 Å². The molecule has 1 atom stereocenters. The van der Waals surface area contributed by atoms with Gasteiger partial charge in [-0.15, -0.1) is 11.3 Å². The number of carbonyl (C=O) groups is 1. The second kappa shape index (κ2) is 7.65. The van der Waals surface area contributed by atoms with Crippen LogP contribution in [0, 0.1) is 0 Å². The Hall–Kier alpha value is -0.870. The number of aryl methyl sites for hydroxylation is 1. The summed E-state index contributed by atoms with van der Waals surface area (Å²) in [5.41, 5.74) is 0. The molecule has 19 heavy (non-hydrogen) atoms. The summed E-state index contributed by atoms with van der Waals surface area (Å²) in [6.07, 6.45) is 2.04. The molecule has 1 N–H and O–H groups in total. The van der Waals surface area contributed by atoms with E-state index >= 15 is 0 Å². The van der Waals surface area contributed by atoms with Gasteiger partial charge in [0.1, 0.15) is 0 Å². The van der Waals surface area contributed by atoms with Gasteiger partial charge < -0.3 is 5.11 Å². The van der Waals surface area contributed by atoms with Gasteiger partial charge in [-0.2, -0.15) is 0 Å². The van der Waals surface area contributed by atoms with Crippen LogP contribution in [0.25, 0.3) is 0 Å². The molecule has 0 aliphatic heterocycles. The first-order valence-electron chi connectivity index (χ1n) is 7.01. The molecule has 0 aliphatic carbocycles. The van der Waals surface area contributed by atoms with Crippen molar-refractivity contribution in [3.63, 3.8) is 0 Å². The molecule has 0 bridgehead atoms. The van der Waals surface area contributed by atoms with Crippen molar-refractivity contribution in [2.24, 2.45) is 0 Å². The van der Waals surface area contributed by atoms with Gasteiger partial charge in [-0.25, -0.2) is 0 Å². The van der Waals surface area contributed by atoms with E-state index in [-0.39, 0.29) is 6.42 Å². The minimum absolute atomic E-state index is 0.251. The van der Waals surface area contributed by atoms with Gasteiger partial charge in [0.05, 0.1) is 0 Å². The lowest BCUT2D eigenvalue weighted by Gasteiger charge is -2.32. The highest BCUT2D eigenvalue weighted by Crippen LogP contribution is 2.29. The largest absolute Gasteiger partial charge is 0.481 e. The van der Waals surface area contributed by atoms with Crippen LogP contribution in [-0.4, -0.2) is 28.6 Å². The predicted molar refractivity (Wildman–Crippen MR) is 80.8 cm³/mol. The quantitative estimate of drug-likeness (QED) is 0.785. The zero-order valence-electron chi connectivity index (χ0n) is 12.3. The first-order valence-corrected chi connectivity index (χ1v) is 7.83. The molecule has 1 heterocycles. The number of hydrogen-bond donors (Lipinski definition) is 1. The van der Waals surface area contributed by atoms with Crippen molar-refractivity contribution in [3.8, 4) is 0 Å². The average Bonchev–Trinajstić information content (AvgIpc) is 2.81. The zero-order valence-corrected chi connectivity index (χ0v) is 13.2. The summed E-state index contributed by atoms with van der Waals surface area (Å²) in [6, 6.07) is 5.20. The fourth-order valence-electron chi connectivity index (χ4n) is 2.28. The highest BCUT2D eigenvalue weighted by Gasteiger charge is 2.20. The van der Waals surface area contributed by atoms with Crippen molar-refractivity contribution in [1.29, 1.82) is 0 Å². The molecular weight excluding hydrogens is 258 g/mol. The van der Waals surface area contributed by atoms with Crippen LogP contribution < -0.4 is 0 Å². The molecule has 0 aromatic carbocycles. The van der Waals surface area contributed by atoms with Crippen LogP contribution in [0.15, 0.2) is 12.1 Å². The smallest absolute Gasteiger partial charge is 0.303 e. The molecule has 108 valence electrons. The number of thiophene rings is 1. The number of carboxylic acids is 1. The summed E-state index contributed by atoms with van der Waals surface area (Å²) in [7, 11) is 0. The van der Waals surface area contributed by atoms with Crippen molar-refractivity contribution in [2.75, 3.05) is 6.54 Å². The van der Waals surface area contributed by atoms with Crippen LogP contribution in [0.4, 0.5) is 0 Å². The molecule has 1 aromatic rings. The summed E-state index contributed by atoms with van der Waals surface area (Å²) in [4.78, 5) is 15.8. The first-order chi connectivity index (χ1) is 8.95. The second-order valence-corrected chi connectivity index (χ2v) is 6.36. The Bertz CT molecular complexity index is 401. The van der Waals surface area contributed by atoms with Crippen molar-refractivity contribution in [3.05, 3.63) is 21.9 Å². The minimum Gasteiger partial charge on any atom is -0.481 e. The summed E-state index contributed by atoms with van der Waals surface area (Å²) in [5.74, 6) is -0.708. The molecule has 0 amide bonds. The fraction of sp³-hybridized carbons (Fsp3) is 0.667. The van der Waals surface area contributed by atoms with Crippen molar-refractivity contribution in [1.82, 2.24) is 4.90 Å². The molecule has 0 saturated heterocycles. The van der Waals surface area contributed by atoms with E-state index in [1.165, 1.54) is 9.75 Å². The number of carboxylic acid groups (broad SMARTS) is 1. The Morgan fingerprint density at radius 2 is 2.05 bits per heavy atom. The van der Waals surface area contributed by atoms with E-state index in [1.807, 2.05) is 11.3 Å². The van der Waals surface area contributed by atoms with Gasteiger partial charge in [-0.05, 0) is 52.3 Å². The van der Waals surface area contributed by atoms with E-state index in [9.17, 15) is 4.79 Å². The zero-order chi connectivity index (χ0) is 14.4.